The second kappa shape index (κ2) is 9.85. The summed E-state index contributed by atoms with van der Waals surface area (Å²) >= 11 is 0. The molecule has 8 heteroatoms. The minimum absolute atomic E-state index is 0.0712. The molecule has 1 fully saturated rings. The van der Waals surface area contributed by atoms with Crippen molar-refractivity contribution in [3.63, 3.8) is 0 Å². The minimum atomic E-state index is -3.65. The number of sulfonamides is 1. The van der Waals surface area contributed by atoms with E-state index >= 15 is 0 Å². The first-order chi connectivity index (χ1) is 12.9. The van der Waals surface area contributed by atoms with E-state index in [-0.39, 0.29) is 16.4 Å². The smallest absolute Gasteiger partial charge is 0.338 e. The normalized spacial score (nSPS) is 17.0. The van der Waals surface area contributed by atoms with Crippen molar-refractivity contribution >= 4 is 21.9 Å². The van der Waals surface area contributed by atoms with Crippen molar-refractivity contribution in [2.45, 2.75) is 57.0 Å². The Morgan fingerprint density at radius 2 is 1.85 bits per heavy atom. The number of hydrogen-bond acceptors (Lipinski definition) is 5. The van der Waals surface area contributed by atoms with Gasteiger partial charge in [-0.15, -0.1) is 0 Å². The number of carbonyl (C=O) groups excluding carboxylic acids is 2. The molecule has 0 bridgehead atoms. The van der Waals surface area contributed by atoms with Crippen molar-refractivity contribution in [3.05, 3.63) is 29.8 Å². The van der Waals surface area contributed by atoms with Gasteiger partial charge in [-0.05, 0) is 44.4 Å². The summed E-state index contributed by atoms with van der Waals surface area (Å²) in [6.07, 6.45) is 3.56. The first kappa shape index (κ1) is 21.4. The highest BCUT2D eigenvalue weighted by molar-refractivity contribution is 7.89. The van der Waals surface area contributed by atoms with Crippen LogP contribution in [0, 0.1) is 0 Å². The van der Waals surface area contributed by atoms with E-state index in [9.17, 15) is 18.0 Å². The van der Waals surface area contributed by atoms with Crippen LogP contribution in [0.1, 0.15) is 56.3 Å². The molecule has 0 radical (unpaired) electrons. The van der Waals surface area contributed by atoms with E-state index in [2.05, 4.69) is 5.32 Å². The predicted octanol–water partition coefficient (Wildman–Crippen LogP) is 2.32. The first-order valence-electron chi connectivity index (χ1n) is 9.45. The van der Waals surface area contributed by atoms with Crippen LogP contribution >= 0.6 is 0 Å². The number of nitrogens with one attached hydrogen (secondary N) is 1. The van der Waals surface area contributed by atoms with E-state index < -0.39 is 22.1 Å². The number of rotatable bonds is 7. The Balaban J connectivity index is 2.11. The molecule has 1 aromatic carbocycles. The molecule has 0 aliphatic carbocycles. The highest BCUT2D eigenvalue weighted by Crippen LogP contribution is 2.21. The minimum Gasteiger partial charge on any atom is -0.449 e. The van der Waals surface area contributed by atoms with E-state index in [0.717, 1.165) is 32.1 Å². The molecule has 2 rings (SSSR count). The van der Waals surface area contributed by atoms with Gasteiger partial charge in [-0.1, -0.05) is 25.8 Å². The maximum absolute atomic E-state index is 12.9. The molecular weight excluding hydrogens is 368 g/mol. The van der Waals surface area contributed by atoms with Gasteiger partial charge in [0, 0.05) is 19.6 Å². The van der Waals surface area contributed by atoms with Crippen LogP contribution < -0.4 is 5.32 Å². The zero-order valence-corrected chi connectivity index (χ0v) is 16.8. The van der Waals surface area contributed by atoms with Crippen molar-refractivity contribution < 1.29 is 22.7 Å². The molecule has 150 valence electrons. The molecule has 7 nitrogen and oxygen atoms in total. The van der Waals surface area contributed by atoms with E-state index in [1.807, 2.05) is 6.92 Å². The summed E-state index contributed by atoms with van der Waals surface area (Å²) < 4.78 is 32.4. The van der Waals surface area contributed by atoms with Gasteiger partial charge in [-0.2, -0.15) is 4.31 Å². The molecule has 1 N–H and O–H groups in total. The van der Waals surface area contributed by atoms with Gasteiger partial charge in [0.25, 0.3) is 5.91 Å². The zero-order valence-electron chi connectivity index (χ0n) is 15.9. The van der Waals surface area contributed by atoms with Crippen LogP contribution in [0.4, 0.5) is 0 Å². The topological polar surface area (TPSA) is 92.8 Å². The Labute approximate surface area is 161 Å². The third kappa shape index (κ3) is 5.77. The number of hydrogen-bond donors (Lipinski definition) is 1. The van der Waals surface area contributed by atoms with Gasteiger partial charge in [0.15, 0.2) is 6.10 Å². The van der Waals surface area contributed by atoms with Gasteiger partial charge >= 0.3 is 5.97 Å². The van der Waals surface area contributed by atoms with Crippen LogP contribution in [-0.4, -0.2) is 50.3 Å². The quantitative estimate of drug-likeness (QED) is 0.714. The lowest BCUT2D eigenvalue weighted by Crippen LogP contribution is -2.36. The van der Waals surface area contributed by atoms with Gasteiger partial charge in [0.1, 0.15) is 0 Å². The van der Waals surface area contributed by atoms with E-state index in [1.54, 1.807) is 0 Å². The lowest BCUT2D eigenvalue weighted by atomic mass is 10.2. The van der Waals surface area contributed by atoms with E-state index in [4.69, 9.17) is 4.74 Å². The summed E-state index contributed by atoms with van der Waals surface area (Å²) in [6.45, 7) is 4.90. The summed E-state index contributed by atoms with van der Waals surface area (Å²) in [6, 6.07) is 5.80. The molecule has 0 unspecified atom stereocenters. The Hall–Kier alpha value is -1.93. The summed E-state index contributed by atoms with van der Waals surface area (Å²) in [7, 11) is -3.65. The Morgan fingerprint density at radius 3 is 2.48 bits per heavy atom. The number of ether oxygens (including phenoxy) is 1. The fourth-order valence-electron chi connectivity index (χ4n) is 2.89. The first-order valence-corrected chi connectivity index (χ1v) is 10.9. The van der Waals surface area contributed by atoms with Gasteiger partial charge in [-0.25, -0.2) is 13.2 Å². The third-order valence-electron chi connectivity index (χ3n) is 4.47. The molecule has 1 atom stereocenters. The van der Waals surface area contributed by atoms with Crippen molar-refractivity contribution in [2.75, 3.05) is 19.6 Å². The SMILES string of the molecule is CCCNC(=O)[C@H](C)OC(=O)c1cccc(S(=O)(=O)N2CCCCCC2)c1. The fourth-order valence-corrected chi connectivity index (χ4v) is 4.45. The van der Waals surface area contributed by atoms with E-state index in [0.29, 0.717) is 19.6 Å². The molecule has 1 aliphatic rings. The Kier molecular flexibility index (Phi) is 7.79. The van der Waals surface area contributed by atoms with Crippen molar-refractivity contribution in [2.24, 2.45) is 0 Å². The standard InChI is InChI=1S/C19H28N2O5S/c1-3-11-20-18(22)15(2)26-19(23)16-9-8-10-17(14-16)27(24,25)21-12-6-4-5-7-13-21/h8-10,14-15H,3-7,11-13H2,1-2H3,(H,20,22)/t15-/m0/s1. The molecule has 1 aliphatic heterocycles. The van der Waals surface area contributed by atoms with Crippen molar-refractivity contribution in [3.8, 4) is 0 Å². The highest BCUT2D eigenvalue weighted by Gasteiger charge is 2.26. The second-order valence-electron chi connectivity index (χ2n) is 6.68. The molecule has 0 saturated carbocycles. The summed E-state index contributed by atoms with van der Waals surface area (Å²) in [5.41, 5.74) is 0.112. The number of nitrogens with zero attached hydrogens (tertiary/aromatic N) is 1. The summed E-state index contributed by atoms with van der Waals surface area (Å²) in [4.78, 5) is 24.2. The van der Waals surface area contributed by atoms with E-state index in [1.165, 1.54) is 35.5 Å². The third-order valence-corrected chi connectivity index (χ3v) is 6.37. The number of esters is 1. The molecule has 0 aromatic heterocycles. The van der Waals surface area contributed by atoms with Crippen LogP contribution in [0.3, 0.4) is 0 Å². The Bertz CT molecular complexity index is 755. The van der Waals surface area contributed by atoms with Gasteiger partial charge < -0.3 is 10.1 Å². The van der Waals surface area contributed by atoms with Gasteiger partial charge in [-0.3, -0.25) is 4.79 Å². The fraction of sp³-hybridized carbons (Fsp3) is 0.579. The monoisotopic (exact) mass is 396 g/mol. The summed E-state index contributed by atoms with van der Waals surface area (Å²) in [5, 5.41) is 2.65. The van der Waals surface area contributed by atoms with Gasteiger partial charge in [0.2, 0.25) is 10.0 Å². The average molecular weight is 397 g/mol. The summed E-state index contributed by atoms with van der Waals surface area (Å²) in [5.74, 6) is -1.10. The van der Waals surface area contributed by atoms with Crippen molar-refractivity contribution in [1.29, 1.82) is 0 Å². The molecule has 1 heterocycles. The van der Waals surface area contributed by atoms with Gasteiger partial charge in [0.05, 0.1) is 10.5 Å². The van der Waals surface area contributed by atoms with Crippen LogP contribution in [0.25, 0.3) is 0 Å². The molecule has 1 aromatic rings. The molecule has 1 saturated heterocycles. The highest BCUT2D eigenvalue weighted by atomic mass is 32.2. The van der Waals surface area contributed by atoms with Crippen molar-refractivity contribution in [1.82, 2.24) is 9.62 Å². The largest absolute Gasteiger partial charge is 0.449 e. The number of benzene rings is 1. The van der Waals surface area contributed by atoms with Crippen LogP contribution in [0.5, 0.6) is 0 Å². The maximum atomic E-state index is 12.9. The average Bonchev–Trinajstić information content (AvgIpc) is 2.96. The van der Waals surface area contributed by atoms with Crippen LogP contribution in [-0.2, 0) is 19.6 Å². The molecule has 1 amide bonds. The maximum Gasteiger partial charge on any atom is 0.338 e. The van der Waals surface area contributed by atoms with Crippen LogP contribution in [0.15, 0.2) is 29.2 Å². The molecule has 27 heavy (non-hydrogen) atoms. The zero-order chi connectivity index (χ0) is 19.9. The lowest BCUT2D eigenvalue weighted by Gasteiger charge is -2.20. The lowest BCUT2D eigenvalue weighted by molar-refractivity contribution is -0.129. The Morgan fingerprint density at radius 1 is 1.19 bits per heavy atom. The number of carbonyl (C=O) groups is 2. The molecule has 0 spiro atoms. The molecular formula is C19H28N2O5S. The number of amides is 1. The predicted molar refractivity (Wildman–Crippen MR) is 102 cm³/mol. The second-order valence-corrected chi connectivity index (χ2v) is 8.62. The van der Waals surface area contributed by atoms with Crippen LogP contribution in [0.2, 0.25) is 0 Å².